The number of aliphatic imine (C=N–C) groups is 2. The van der Waals surface area contributed by atoms with Crippen molar-refractivity contribution in [2.45, 2.75) is 64.5 Å². The smallest absolute Gasteiger partial charge is 0.328 e. The molecule has 0 amide bonds. The summed E-state index contributed by atoms with van der Waals surface area (Å²) in [6, 6.07) is 25.0. The molecular weight excluding hydrogens is 628 g/mol. The zero-order chi connectivity index (χ0) is 36.6. The van der Waals surface area contributed by atoms with Gasteiger partial charge >= 0.3 is 11.9 Å². The SMILES string of the molecule is CC(C)(C)c1cc(/C=C/C(=O)O)cc(C=N[C@H](c2ccccc2)[C@H](N=Cc2cc(/C=C/C(=O)O)cc(C(C)(C)C)c2O)c2ccccc2)c1O. The van der Waals surface area contributed by atoms with Gasteiger partial charge < -0.3 is 20.4 Å². The van der Waals surface area contributed by atoms with Crippen LogP contribution in [0, 0.1) is 0 Å². The molecule has 0 bridgehead atoms. The molecule has 4 N–H and O–H groups in total. The molecule has 0 aliphatic carbocycles. The second kappa shape index (κ2) is 15.6. The van der Waals surface area contributed by atoms with Crippen molar-refractivity contribution < 1.29 is 30.0 Å². The Balaban J connectivity index is 1.92. The Hall–Kier alpha value is -5.76. The van der Waals surface area contributed by atoms with E-state index in [9.17, 15) is 30.0 Å². The fourth-order valence-electron chi connectivity index (χ4n) is 5.55. The highest BCUT2D eigenvalue weighted by atomic mass is 16.4. The maximum absolute atomic E-state index is 11.4. The van der Waals surface area contributed by atoms with Gasteiger partial charge in [0, 0.05) is 46.8 Å². The third kappa shape index (κ3) is 9.66. The van der Waals surface area contributed by atoms with Crippen molar-refractivity contribution in [3.63, 3.8) is 0 Å². The second-order valence-corrected chi connectivity index (χ2v) is 14.1. The van der Waals surface area contributed by atoms with Crippen LogP contribution >= 0.6 is 0 Å². The molecule has 0 spiro atoms. The molecule has 2 atom stereocenters. The molecule has 4 aromatic carbocycles. The van der Waals surface area contributed by atoms with Gasteiger partial charge in [0.2, 0.25) is 0 Å². The highest BCUT2D eigenvalue weighted by Gasteiger charge is 2.26. The van der Waals surface area contributed by atoms with E-state index in [0.29, 0.717) is 33.4 Å². The number of hydrogen-bond donors (Lipinski definition) is 4. The Labute approximate surface area is 293 Å². The summed E-state index contributed by atoms with van der Waals surface area (Å²) >= 11 is 0. The van der Waals surface area contributed by atoms with Crippen LogP contribution in [0.3, 0.4) is 0 Å². The number of carbonyl (C=O) groups is 2. The molecule has 4 aromatic rings. The maximum Gasteiger partial charge on any atom is 0.328 e. The molecule has 0 aromatic heterocycles. The molecule has 0 saturated heterocycles. The molecule has 0 fully saturated rings. The topological polar surface area (TPSA) is 140 Å². The van der Waals surface area contributed by atoms with Crippen molar-refractivity contribution in [2.75, 3.05) is 0 Å². The lowest BCUT2D eigenvalue weighted by molar-refractivity contribution is -0.132. The molecule has 50 heavy (non-hydrogen) atoms. The summed E-state index contributed by atoms with van der Waals surface area (Å²) in [4.78, 5) is 32.7. The number of aliphatic carboxylic acids is 2. The highest BCUT2D eigenvalue weighted by molar-refractivity contribution is 5.90. The van der Waals surface area contributed by atoms with E-state index in [4.69, 9.17) is 9.98 Å². The van der Waals surface area contributed by atoms with Crippen molar-refractivity contribution in [3.8, 4) is 11.5 Å². The Morgan fingerprint density at radius 3 is 1.22 bits per heavy atom. The molecule has 258 valence electrons. The number of hydrogen-bond acceptors (Lipinski definition) is 6. The zero-order valence-electron chi connectivity index (χ0n) is 29.2. The second-order valence-electron chi connectivity index (χ2n) is 14.1. The first-order chi connectivity index (χ1) is 23.5. The lowest BCUT2D eigenvalue weighted by Gasteiger charge is -2.24. The zero-order valence-corrected chi connectivity index (χ0v) is 29.2. The number of phenolic OH excluding ortho intramolecular Hbond substituents is 2. The van der Waals surface area contributed by atoms with Gasteiger partial charge in [0.05, 0.1) is 0 Å². The number of aromatic hydroxyl groups is 2. The lowest BCUT2D eigenvalue weighted by atomic mass is 9.84. The molecule has 0 aliphatic heterocycles. The third-order valence-electron chi connectivity index (χ3n) is 8.11. The van der Waals surface area contributed by atoms with Crippen molar-refractivity contribution in [2.24, 2.45) is 9.98 Å². The van der Waals surface area contributed by atoms with Crippen LogP contribution < -0.4 is 0 Å². The predicted octanol–water partition coefficient (Wildman–Crippen LogP) is 8.91. The summed E-state index contributed by atoms with van der Waals surface area (Å²) in [5, 5.41) is 41.3. The van der Waals surface area contributed by atoms with Gasteiger partial charge in [-0.1, -0.05) is 102 Å². The van der Waals surface area contributed by atoms with Crippen LogP contribution in [-0.4, -0.2) is 44.8 Å². The summed E-state index contributed by atoms with van der Waals surface area (Å²) in [7, 11) is 0. The Kier molecular flexibility index (Phi) is 11.6. The number of carboxylic acid groups (broad SMARTS) is 2. The van der Waals surface area contributed by atoms with E-state index in [1.807, 2.05) is 102 Å². The fraction of sp³-hybridized carbons (Fsp3) is 0.238. The standard InChI is InChI=1S/C42H44N2O6/c1-41(2,3)33-23-27(17-19-35(45)46)21-31(39(33)49)25-43-37(29-13-9-7-10-14-29)38(30-15-11-8-12-16-30)44-26-32-22-28(18-20-36(47)48)24-34(40(32)50)42(4,5)6/h7-26,37-38,49-50H,1-6H3,(H,45,46)(H,47,48)/b19-17+,20-18+,43-25?,44-26?/t37-,38-/m1/s1. The van der Waals surface area contributed by atoms with E-state index < -0.39 is 34.9 Å². The average Bonchev–Trinajstić information content (AvgIpc) is 3.05. The van der Waals surface area contributed by atoms with E-state index >= 15 is 0 Å². The first-order valence-electron chi connectivity index (χ1n) is 16.3. The van der Waals surface area contributed by atoms with Gasteiger partial charge in [0.15, 0.2) is 0 Å². The Bertz CT molecular complexity index is 1800. The minimum atomic E-state index is -1.08. The molecule has 8 heteroatoms. The van der Waals surface area contributed by atoms with Gasteiger partial charge in [-0.25, -0.2) is 9.59 Å². The first-order valence-corrected chi connectivity index (χ1v) is 16.3. The Morgan fingerprint density at radius 1 is 0.580 bits per heavy atom. The molecule has 0 aliphatic rings. The van der Waals surface area contributed by atoms with Crippen LogP contribution in [0.15, 0.2) is 107 Å². The van der Waals surface area contributed by atoms with E-state index in [0.717, 1.165) is 23.3 Å². The number of benzene rings is 4. The number of phenols is 2. The van der Waals surface area contributed by atoms with Crippen LogP contribution in [0.25, 0.3) is 12.2 Å². The van der Waals surface area contributed by atoms with Crippen LogP contribution in [0.2, 0.25) is 0 Å². The molecule has 0 unspecified atom stereocenters. The summed E-state index contributed by atoms with van der Waals surface area (Å²) in [5.41, 5.74) is 4.14. The van der Waals surface area contributed by atoms with E-state index in [2.05, 4.69) is 0 Å². The summed E-state index contributed by atoms with van der Waals surface area (Å²) in [6.07, 6.45) is 8.27. The fourth-order valence-corrected chi connectivity index (χ4v) is 5.55. The van der Waals surface area contributed by atoms with E-state index in [-0.39, 0.29) is 11.5 Å². The quantitative estimate of drug-likeness (QED) is 0.0927. The largest absolute Gasteiger partial charge is 0.507 e. The van der Waals surface area contributed by atoms with Crippen LogP contribution in [0.1, 0.15) is 98.1 Å². The minimum absolute atomic E-state index is 0.0474. The first kappa shape index (κ1) is 37.1. The van der Waals surface area contributed by atoms with Crippen LogP contribution in [0.4, 0.5) is 0 Å². The molecule has 0 saturated carbocycles. The Morgan fingerprint density at radius 2 is 0.920 bits per heavy atom. The molecule has 8 nitrogen and oxygen atoms in total. The molecule has 4 rings (SSSR count). The average molecular weight is 673 g/mol. The third-order valence-corrected chi connectivity index (χ3v) is 8.11. The van der Waals surface area contributed by atoms with Crippen LogP contribution in [0.5, 0.6) is 11.5 Å². The van der Waals surface area contributed by atoms with E-state index in [1.54, 1.807) is 36.7 Å². The van der Waals surface area contributed by atoms with Gasteiger partial charge in [-0.3, -0.25) is 9.98 Å². The minimum Gasteiger partial charge on any atom is -0.507 e. The maximum atomic E-state index is 11.4. The van der Waals surface area contributed by atoms with E-state index in [1.165, 1.54) is 12.2 Å². The van der Waals surface area contributed by atoms with Crippen molar-refractivity contribution in [1.82, 2.24) is 0 Å². The summed E-state index contributed by atoms with van der Waals surface area (Å²) < 4.78 is 0. The molecule has 0 radical (unpaired) electrons. The number of carboxylic acids is 2. The van der Waals surface area contributed by atoms with Gasteiger partial charge in [0.25, 0.3) is 0 Å². The van der Waals surface area contributed by atoms with Gasteiger partial charge in [-0.2, -0.15) is 0 Å². The molecule has 0 heterocycles. The monoisotopic (exact) mass is 672 g/mol. The van der Waals surface area contributed by atoms with Crippen LogP contribution in [-0.2, 0) is 20.4 Å². The van der Waals surface area contributed by atoms with Gasteiger partial charge in [-0.15, -0.1) is 0 Å². The highest BCUT2D eigenvalue weighted by Crippen LogP contribution is 2.39. The van der Waals surface area contributed by atoms with Crippen molar-refractivity contribution >= 4 is 36.5 Å². The normalized spacial score (nSPS) is 13.8. The predicted molar refractivity (Wildman–Crippen MR) is 201 cm³/mol. The molecular formula is C42H44N2O6. The van der Waals surface area contributed by atoms with Crippen molar-refractivity contribution in [1.29, 1.82) is 0 Å². The summed E-state index contributed by atoms with van der Waals surface area (Å²) in [5.74, 6) is -2.07. The number of rotatable bonds is 11. The lowest BCUT2D eigenvalue weighted by Crippen LogP contribution is -2.13. The number of nitrogens with zero attached hydrogens (tertiary/aromatic N) is 2. The van der Waals surface area contributed by atoms with Gasteiger partial charge in [-0.05, 0) is 69.5 Å². The van der Waals surface area contributed by atoms with Crippen molar-refractivity contribution in [3.05, 3.63) is 142 Å². The summed E-state index contributed by atoms with van der Waals surface area (Å²) in [6.45, 7) is 11.8. The van der Waals surface area contributed by atoms with Gasteiger partial charge in [0.1, 0.15) is 23.6 Å².